The van der Waals surface area contributed by atoms with E-state index in [-0.39, 0.29) is 24.4 Å². The highest BCUT2D eigenvalue weighted by molar-refractivity contribution is 5.89. The van der Waals surface area contributed by atoms with Crippen LogP contribution in [0.25, 0.3) is 0 Å². The molecule has 154 valence electrons. The fourth-order valence-electron chi connectivity index (χ4n) is 3.37. The molecule has 1 amide bonds. The molecule has 7 nitrogen and oxygen atoms in total. The van der Waals surface area contributed by atoms with E-state index in [9.17, 15) is 9.18 Å². The zero-order valence-electron chi connectivity index (χ0n) is 16.6. The number of hydrogen-bond donors (Lipinski definition) is 1. The number of hydrogen-bond acceptors (Lipinski definition) is 6. The summed E-state index contributed by atoms with van der Waals surface area (Å²) in [4.78, 5) is 22.7. The summed E-state index contributed by atoms with van der Waals surface area (Å²) >= 11 is 0. The van der Waals surface area contributed by atoms with Crippen LogP contribution in [0.4, 0.5) is 21.0 Å². The first-order valence-electron chi connectivity index (χ1n) is 9.51. The first-order valence-corrected chi connectivity index (χ1v) is 9.51. The van der Waals surface area contributed by atoms with Crippen LogP contribution in [-0.2, 0) is 4.74 Å². The quantitative estimate of drug-likeness (QED) is 0.647. The van der Waals surface area contributed by atoms with Crippen molar-refractivity contribution in [2.24, 2.45) is 0 Å². The highest BCUT2D eigenvalue weighted by Gasteiger charge is 2.36. The van der Waals surface area contributed by atoms with E-state index < -0.39 is 11.9 Å². The molecule has 2 unspecified atom stereocenters. The Morgan fingerprint density at radius 2 is 2.03 bits per heavy atom. The van der Waals surface area contributed by atoms with Gasteiger partial charge in [0.15, 0.2) is 11.6 Å². The van der Waals surface area contributed by atoms with Crippen molar-refractivity contribution in [2.75, 3.05) is 23.9 Å². The molecule has 1 aliphatic heterocycles. The zero-order valence-corrected chi connectivity index (χ0v) is 16.6. The maximum Gasteiger partial charge on any atom is 0.416 e. The molecule has 0 saturated carbocycles. The van der Waals surface area contributed by atoms with Crippen molar-refractivity contribution in [3.05, 3.63) is 77.7 Å². The Morgan fingerprint density at radius 1 is 1.23 bits per heavy atom. The largest absolute Gasteiger partial charge is 0.494 e. The summed E-state index contributed by atoms with van der Waals surface area (Å²) in [6, 6.07) is 15.5. The van der Waals surface area contributed by atoms with E-state index in [2.05, 4.69) is 15.3 Å². The van der Waals surface area contributed by atoms with Gasteiger partial charge in [0.2, 0.25) is 5.95 Å². The minimum Gasteiger partial charge on any atom is -0.494 e. The predicted octanol–water partition coefficient (Wildman–Crippen LogP) is 4.50. The molecule has 0 radical (unpaired) electrons. The molecular weight excluding hydrogens is 387 g/mol. The molecule has 30 heavy (non-hydrogen) atoms. The number of amides is 1. The third-order valence-corrected chi connectivity index (χ3v) is 4.97. The number of cyclic esters (lactones) is 1. The second-order valence-corrected chi connectivity index (χ2v) is 6.87. The predicted molar refractivity (Wildman–Crippen MR) is 110 cm³/mol. The van der Waals surface area contributed by atoms with Gasteiger partial charge in [-0.2, -0.15) is 4.98 Å². The maximum atomic E-state index is 13.7. The highest BCUT2D eigenvalue weighted by Crippen LogP contribution is 2.32. The molecule has 1 saturated heterocycles. The Balaban J connectivity index is 1.57. The second-order valence-electron chi connectivity index (χ2n) is 6.87. The lowest BCUT2D eigenvalue weighted by atomic mass is 10.1. The molecule has 0 aliphatic carbocycles. The van der Waals surface area contributed by atoms with Crippen LogP contribution in [0.1, 0.15) is 30.1 Å². The van der Waals surface area contributed by atoms with E-state index in [0.717, 1.165) is 11.1 Å². The number of anilines is 2. The van der Waals surface area contributed by atoms with Crippen molar-refractivity contribution in [1.82, 2.24) is 9.97 Å². The van der Waals surface area contributed by atoms with Gasteiger partial charge in [0, 0.05) is 6.20 Å². The van der Waals surface area contributed by atoms with Gasteiger partial charge in [-0.25, -0.2) is 14.2 Å². The zero-order chi connectivity index (χ0) is 21.1. The molecule has 1 fully saturated rings. The van der Waals surface area contributed by atoms with Crippen LogP contribution < -0.4 is 15.0 Å². The number of nitrogens with one attached hydrogen (secondary N) is 1. The summed E-state index contributed by atoms with van der Waals surface area (Å²) in [5, 5.41) is 3.18. The van der Waals surface area contributed by atoms with Crippen LogP contribution in [0.5, 0.6) is 5.75 Å². The molecule has 3 aromatic rings. The Kier molecular flexibility index (Phi) is 5.47. The molecule has 2 atom stereocenters. The number of carbonyl (C=O) groups is 1. The van der Waals surface area contributed by atoms with Gasteiger partial charge in [0.1, 0.15) is 18.5 Å². The van der Waals surface area contributed by atoms with Crippen LogP contribution >= 0.6 is 0 Å². The topological polar surface area (TPSA) is 76.6 Å². The summed E-state index contributed by atoms with van der Waals surface area (Å²) in [5.74, 6) is 0.523. The first-order chi connectivity index (χ1) is 14.6. The molecule has 1 aliphatic rings. The number of nitrogens with zero attached hydrogens (tertiary/aromatic N) is 3. The smallest absolute Gasteiger partial charge is 0.416 e. The number of rotatable bonds is 6. The maximum absolute atomic E-state index is 13.7. The van der Waals surface area contributed by atoms with Crippen molar-refractivity contribution >= 4 is 17.9 Å². The van der Waals surface area contributed by atoms with E-state index in [4.69, 9.17) is 9.47 Å². The molecular formula is C22H21FN4O3. The Bertz CT molecular complexity index is 1050. The van der Waals surface area contributed by atoms with Gasteiger partial charge in [-0.1, -0.05) is 36.4 Å². The van der Waals surface area contributed by atoms with Crippen molar-refractivity contribution in [3.8, 4) is 5.75 Å². The molecule has 2 aromatic carbocycles. The summed E-state index contributed by atoms with van der Waals surface area (Å²) < 4.78 is 24.0. The number of halogens is 1. The van der Waals surface area contributed by atoms with Crippen molar-refractivity contribution < 1.29 is 18.7 Å². The molecule has 2 heterocycles. The number of ether oxygens (including phenoxy) is 2. The summed E-state index contributed by atoms with van der Waals surface area (Å²) in [6.07, 6.45) is 1.13. The minimum absolute atomic E-state index is 0.168. The molecule has 1 aromatic heterocycles. The number of aromatic nitrogens is 2. The van der Waals surface area contributed by atoms with Crippen LogP contribution in [0.15, 0.2) is 60.8 Å². The van der Waals surface area contributed by atoms with E-state index in [1.807, 2.05) is 37.3 Å². The van der Waals surface area contributed by atoms with Gasteiger partial charge in [-0.15, -0.1) is 0 Å². The van der Waals surface area contributed by atoms with Crippen molar-refractivity contribution in [3.63, 3.8) is 0 Å². The lowest BCUT2D eigenvalue weighted by Gasteiger charge is -2.21. The van der Waals surface area contributed by atoms with Gasteiger partial charge >= 0.3 is 6.09 Å². The van der Waals surface area contributed by atoms with Crippen LogP contribution in [0.2, 0.25) is 0 Å². The average molecular weight is 408 g/mol. The van der Waals surface area contributed by atoms with E-state index in [1.165, 1.54) is 18.1 Å². The average Bonchev–Trinajstić information content (AvgIpc) is 3.16. The molecule has 1 N–H and O–H groups in total. The molecule has 0 bridgehead atoms. The third-order valence-electron chi connectivity index (χ3n) is 4.97. The van der Waals surface area contributed by atoms with E-state index in [0.29, 0.717) is 11.8 Å². The number of benzene rings is 2. The lowest BCUT2D eigenvalue weighted by Crippen LogP contribution is -2.28. The second kappa shape index (κ2) is 8.36. The Morgan fingerprint density at radius 3 is 2.80 bits per heavy atom. The normalized spacial score (nSPS) is 16.8. The SMILES string of the molecule is COc1cc(C(C)Nc2nccc(N3C(=O)OCC3c3ccccc3)n2)ccc1F. The molecule has 8 heteroatoms. The third kappa shape index (κ3) is 3.89. The van der Waals surface area contributed by atoms with Crippen LogP contribution in [0, 0.1) is 5.82 Å². The Hall–Kier alpha value is -3.68. The summed E-state index contributed by atoms with van der Waals surface area (Å²) in [6.45, 7) is 2.15. The van der Waals surface area contributed by atoms with Crippen LogP contribution in [-0.4, -0.2) is 29.8 Å². The Labute approximate surface area is 173 Å². The number of carbonyl (C=O) groups excluding carboxylic acids is 1. The van der Waals surface area contributed by atoms with E-state index >= 15 is 0 Å². The fraction of sp³-hybridized carbons (Fsp3) is 0.227. The first kappa shape index (κ1) is 19.6. The fourth-order valence-corrected chi connectivity index (χ4v) is 3.37. The monoisotopic (exact) mass is 408 g/mol. The van der Waals surface area contributed by atoms with E-state index in [1.54, 1.807) is 24.4 Å². The summed E-state index contributed by atoms with van der Waals surface area (Å²) in [5.41, 5.74) is 1.77. The van der Waals surface area contributed by atoms with Gasteiger partial charge in [0.25, 0.3) is 0 Å². The minimum atomic E-state index is -0.454. The standard InChI is InChI=1S/C22H21FN4O3/c1-14(16-8-9-17(23)19(12-16)29-2)25-21-24-11-10-20(26-21)27-18(13-30-22(27)28)15-6-4-3-5-7-15/h3-12,14,18H,13H2,1-2H3,(H,24,25,26). The van der Waals surface area contributed by atoms with Gasteiger partial charge < -0.3 is 14.8 Å². The summed E-state index contributed by atoms with van der Waals surface area (Å²) in [7, 11) is 1.42. The van der Waals surface area contributed by atoms with Gasteiger partial charge in [0.05, 0.1) is 13.2 Å². The number of methoxy groups -OCH3 is 1. The molecule has 0 spiro atoms. The van der Waals surface area contributed by atoms with Gasteiger partial charge in [-0.3, -0.25) is 4.90 Å². The molecule has 4 rings (SSSR count). The van der Waals surface area contributed by atoms with Crippen molar-refractivity contribution in [2.45, 2.75) is 19.0 Å². The van der Waals surface area contributed by atoms with Crippen LogP contribution in [0.3, 0.4) is 0 Å². The van der Waals surface area contributed by atoms with Crippen molar-refractivity contribution in [1.29, 1.82) is 0 Å². The lowest BCUT2D eigenvalue weighted by molar-refractivity contribution is 0.179. The highest BCUT2D eigenvalue weighted by atomic mass is 19.1. The van der Waals surface area contributed by atoms with Gasteiger partial charge in [-0.05, 0) is 36.2 Å².